The molecule has 242 valence electrons. The van der Waals surface area contributed by atoms with Crippen LogP contribution in [0.4, 0.5) is 13.2 Å². The van der Waals surface area contributed by atoms with Crippen LogP contribution in [0.2, 0.25) is 5.02 Å². The molecule has 0 saturated carbocycles. The number of rotatable bonds is 7. The fraction of sp³-hybridized carbons (Fsp3) is 0.176. The van der Waals surface area contributed by atoms with E-state index in [1.54, 1.807) is 38.1 Å². The highest BCUT2D eigenvalue weighted by Gasteiger charge is 2.37. The molecule has 0 spiro atoms. The first-order chi connectivity index (χ1) is 22.8. The molecular formula is C34H23ClF3N5O4S. The Hall–Kier alpha value is -5.32. The van der Waals surface area contributed by atoms with Gasteiger partial charge in [-0.25, -0.2) is 9.78 Å². The molecule has 4 aromatic heterocycles. The number of hydrogen-bond donors (Lipinski definition) is 1. The van der Waals surface area contributed by atoms with E-state index in [1.807, 2.05) is 6.07 Å². The summed E-state index contributed by atoms with van der Waals surface area (Å²) in [4.78, 5) is 38.5. The highest BCUT2D eigenvalue weighted by atomic mass is 35.5. The molecular weight excluding hydrogens is 667 g/mol. The van der Waals surface area contributed by atoms with Crippen molar-refractivity contribution in [3.63, 3.8) is 0 Å². The second-order valence-electron chi connectivity index (χ2n) is 10.9. The molecule has 2 aromatic carbocycles. The highest BCUT2D eigenvalue weighted by molar-refractivity contribution is 7.18. The topological polar surface area (TPSA) is 131 Å². The number of halogens is 4. The van der Waals surface area contributed by atoms with Gasteiger partial charge in [0.1, 0.15) is 24.3 Å². The number of carboxylic acid groups (broad SMARTS) is 1. The zero-order valence-electron chi connectivity index (χ0n) is 25.4. The third-order valence-electron chi connectivity index (χ3n) is 7.74. The van der Waals surface area contributed by atoms with Gasteiger partial charge in [0.2, 0.25) is 0 Å². The minimum Gasteiger partial charge on any atom is -0.491 e. The SMILES string of the molecule is Cc1ccc(-c2c(C(F)(F)F)cc3nc(C)n(CCOc4ccc(Cl)cc4-c4cc(C)nc5c(C(=O)O)csc45)c(=O)c3c2C#N)cn1. The van der Waals surface area contributed by atoms with Crippen molar-refractivity contribution in [2.45, 2.75) is 33.5 Å². The maximum atomic E-state index is 14.3. The third-order valence-corrected chi connectivity index (χ3v) is 8.98. The molecule has 0 saturated heterocycles. The van der Waals surface area contributed by atoms with Gasteiger partial charge in [-0.05, 0) is 57.2 Å². The fourth-order valence-corrected chi connectivity index (χ4v) is 6.76. The van der Waals surface area contributed by atoms with Crippen molar-refractivity contribution in [3.05, 3.63) is 103 Å². The second kappa shape index (κ2) is 12.4. The van der Waals surface area contributed by atoms with Crippen LogP contribution in [0.15, 0.2) is 58.8 Å². The number of carbonyl (C=O) groups is 1. The van der Waals surface area contributed by atoms with Crippen molar-refractivity contribution in [1.82, 2.24) is 19.5 Å². The van der Waals surface area contributed by atoms with Crippen molar-refractivity contribution in [2.75, 3.05) is 6.61 Å². The number of nitrogens with zero attached hydrogens (tertiary/aromatic N) is 5. The summed E-state index contributed by atoms with van der Waals surface area (Å²) in [6, 6.07) is 12.3. The van der Waals surface area contributed by atoms with E-state index in [0.717, 1.165) is 6.07 Å². The summed E-state index contributed by atoms with van der Waals surface area (Å²) in [6.07, 6.45) is -3.60. The minimum absolute atomic E-state index is 0.0400. The fourth-order valence-electron chi connectivity index (χ4n) is 5.58. The molecule has 0 amide bonds. The molecule has 0 aliphatic carbocycles. The Morgan fingerprint density at radius 3 is 2.52 bits per heavy atom. The molecule has 1 N–H and O–H groups in total. The van der Waals surface area contributed by atoms with Crippen LogP contribution in [0, 0.1) is 32.1 Å². The van der Waals surface area contributed by atoms with Gasteiger partial charge in [-0.2, -0.15) is 18.4 Å². The Morgan fingerprint density at radius 1 is 1.08 bits per heavy atom. The molecule has 0 unspecified atom stereocenters. The number of ether oxygens (including phenoxy) is 1. The number of fused-ring (bicyclic) bond motifs is 2. The van der Waals surface area contributed by atoms with E-state index in [1.165, 1.54) is 46.5 Å². The van der Waals surface area contributed by atoms with Crippen molar-refractivity contribution >= 4 is 50.0 Å². The first-order valence-electron chi connectivity index (χ1n) is 14.3. The number of hydrogen-bond acceptors (Lipinski definition) is 8. The van der Waals surface area contributed by atoms with Crippen molar-refractivity contribution in [3.8, 4) is 34.1 Å². The molecule has 0 bridgehead atoms. The average Bonchev–Trinajstić information content (AvgIpc) is 3.46. The van der Waals surface area contributed by atoms with Gasteiger partial charge in [-0.1, -0.05) is 17.7 Å². The van der Waals surface area contributed by atoms with Crippen LogP contribution in [0.25, 0.3) is 43.4 Å². The number of thiophene rings is 1. The number of aromatic carboxylic acids is 1. The number of aromatic nitrogens is 4. The molecule has 6 aromatic rings. The standard InChI is InChI=1S/C34H23ClF3N5O4S/c1-16-4-5-19(14-40-16)28-23(13-39)29-26(12-25(28)34(36,37)38)42-18(3)43(32(29)44)8-9-47-27-7-6-20(35)11-21(27)22-10-17(2)41-30-24(33(45)46)15-48-31(22)30/h4-7,10-12,14-15H,8-9H2,1-3H3,(H,45,46). The van der Waals surface area contributed by atoms with Gasteiger partial charge < -0.3 is 9.84 Å². The number of aryl methyl sites for hydroxylation is 3. The van der Waals surface area contributed by atoms with Crippen LogP contribution in [0.1, 0.15) is 38.7 Å². The lowest BCUT2D eigenvalue weighted by Crippen LogP contribution is -2.27. The first kappa shape index (κ1) is 32.6. The molecule has 4 heterocycles. The second-order valence-corrected chi connectivity index (χ2v) is 12.2. The Bertz CT molecular complexity index is 2380. The van der Waals surface area contributed by atoms with E-state index in [-0.39, 0.29) is 41.0 Å². The summed E-state index contributed by atoms with van der Waals surface area (Å²) in [7, 11) is 0. The largest absolute Gasteiger partial charge is 0.491 e. The summed E-state index contributed by atoms with van der Waals surface area (Å²) in [6.45, 7) is 4.77. The molecule has 48 heavy (non-hydrogen) atoms. The van der Waals surface area contributed by atoms with E-state index in [4.69, 9.17) is 16.3 Å². The lowest BCUT2D eigenvalue weighted by molar-refractivity contribution is -0.137. The van der Waals surface area contributed by atoms with Crippen molar-refractivity contribution in [2.24, 2.45) is 0 Å². The lowest BCUT2D eigenvalue weighted by atomic mass is 9.92. The number of carboxylic acids is 1. The summed E-state index contributed by atoms with van der Waals surface area (Å²) in [5.74, 6) is -0.590. The third kappa shape index (κ3) is 5.85. The molecule has 0 aliphatic rings. The van der Waals surface area contributed by atoms with E-state index < -0.39 is 34.4 Å². The van der Waals surface area contributed by atoms with Gasteiger partial charge in [-0.15, -0.1) is 11.3 Å². The lowest BCUT2D eigenvalue weighted by Gasteiger charge is -2.18. The van der Waals surface area contributed by atoms with Crippen molar-refractivity contribution < 1.29 is 27.8 Å². The summed E-state index contributed by atoms with van der Waals surface area (Å²) in [5, 5.41) is 21.4. The average molecular weight is 690 g/mol. The zero-order chi connectivity index (χ0) is 34.5. The Kier molecular flexibility index (Phi) is 8.40. The smallest absolute Gasteiger partial charge is 0.417 e. The highest BCUT2D eigenvalue weighted by Crippen LogP contribution is 2.42. The van der Waals surface area contributed by atoms with Crippen LogP contribution < -0.4 is 10.3 Å². The van der Waals surface area contributed by atoms with Crippen LogP contribution in [0.5, 0.6) is 5.75 Å². The number of alkyl halides is 3. The number of benzene rings is 2. The quantitative estimate of drug-likeness (QED) is 0.179. The zero-order valence-corrected chi connectivity index (χ0v) is 27.0. The monoisotopic (exact) mass is 689 g/mol. The molecule has 6 rings (SSSR count). The Labute approximate surface area is 279 Å². The maximum Gasteiger partial charge on any atom is 0.417 e. The Balaban J connectivity index is 1.41. The Morgan fingerprint density at radius 2 is 1.85 bits per heavy atom. The van der Waals surface area contributed by atoms with Gasteiger partial charge in [0.15, 0.2) is 0 Å². The predicted octanol–water partition coefficient (Wildman–Crippen LogP) is 7.98. The number of pyridine rings is 2. The normalized spacial score (nSPS) is 11.6. The van der Waals surface area contributed by atoms with E-state index >= 15 is 0 Å². The van der Waals surface area contributed by atoms with Gasteiger partial charge in [0, 0.05) is 50.2 Å². The van der Waals surface area contributed by atoms with Gasteiger partial charge in [-0.3, -0.25) is 19.3 Å². The van der Waals surface area contributed by atoms with Crippen molar-refractivity contribution in [1.29, 1.82) is 5.26 Å². The van der Waals surface area contributed by atoms with Crippen LogP contribution >= 0.6 is 22.9 Å². The molecule has 0 radical (unpaired) electrons. The van der Waals surface area contributed by atoms with Crippen LogP contribution in [-0.2, 0) is 12.7 Å². The van der Waals surface area contributed by atoms with Crippen LogP contribution in [0.3, 0.4) is 0 Å². The van der Waals surface area contributed by atoms with E-state index in [0.29, 0.717) is 43.5 Å². The molecule has 14 heteroatoms. The van der Waals surface area contributed by atoms with E-state index in [2.05, 4.69) is 15.0 Å². The van der Waals surface area contributed by atoms with Gasteiger partial charge in [0.25, 0.3) is 5.56 Å². The minimum atomic E-state index is -4.84. The van der Waals surface area contributed by atoms with Crippen LogP contribution in [-0.4, -0.2) is 37.2 Å². The van der Waals surface area contributed by atoms with E-state index in [9.17, 15) is 33.1 Å². The molecule has 0 atom stereocenters. The molecule has 0 aliphatic heterocycles. The summed E-state index contributed by atoms with van der Waals surface area (Å²) < 4.78 is 50.9. The van der Waals surface area contributed by atoms with Gasteiger partial charge in [0.05, 0.1) is 44.4 Å². The predicted molar refractivity (Wildman–Crippen MR) is 176 cm³/mol. The molecule has 9 nitrogen and oxygen atoms in total. The maximum absolute atomic E-state index is 14.3. The summed E-state index contributed by atoms with van der Waals surface area (Å²) in [5.41, 5.74) is -0.122. The number of nitriles is 1. The first-order valence-corrected chi connectivity index (χ1v) is 15.6. The summed E-state index contributed by atoms with van der Waals surface area (Å²) >= 11 is 7.58. The van der Waals surface area contributed by atoms with Gasteiger partial charge >= 0.3 is 12.1 Å². The molecule has 0 fully saturated rings.